The molecule has 3 aromatic carbocycles. The van der Waals surface area contributed by atoms with Crippen LogP contribution in [0.5, 0.6) is 0 Å². The first kappa shape index (κ1) is 30.5. The minimum atomic E-state index is -4.13. The summed E-state index contributed by atoms with van der Waals surface area (Å²) in [6.45, 7) is 6.96. The van der Waals surface area contributed by atoms with Crippen molar-refractivity contribution >= 4 is 50.7 Å². The molecule has 0 saturated heterocycles. The standard InChI is InChI=1S/C29H33Cl2N3O4S/c1-5-26(28(36)32-29(2,3)4)33(19-21-11-13-22(30)14-12-21)27(35)20-34(24-17-15-23(31)16-18-24)39(37,38)25-9-7-6-8-10-25/h6-18,26H,5,19-20H2,1-4H3,(H,32,36)/t26-/m1/s1. The summed E-state index contributed by atoms with van der Waals surface area (Å²) in [5.74, 6) is -0.855. The molecule has 0 aliphatic heterocycles. The molecule has 39 heavy (non-hydrogen) atoms. The Morgan fingerprint density at radius 1 is 0.872 bits per heavy atom. The molecule has 208 valence electrons. The van der Waals surface area contributed by atoms with Crippen LogP contribution in [0.15, 0.2) is 83.8 Å². The number of carbonyl (C=O) groups excluding carboxylic acids is 2. The lowest BCUT2D eigenvalue weighted by atomic mass is 10.1. The van der Waals surface area contributed by atoms with Gasteiger partial charge < -0.3 is 10.2 Å². The van der Waals surface area contributed by atoms with E-state index >= 15 is 0 Å². The average molecular weight is 591 g/mol. The van der Waals surface area contributed by atoms with Gasteiger partial charge in [-0.2, -0.15) is 0 Å². The molecule has 0 radical (unpaired) electrons. The fourth-order valence-electron chi connectivity index (χ4n) is 4.01. The molecule has 3 aromatic rings. The number of hydrogen-bond acceptors (Lipinski definition) is 4. The number of benzene rings is 3. The summed E-state index contributed by atoms with van der Waals surface area (Å²) in [5, 5.41) is 3.91. The van der Waals surface area contributed by atoms with Crippen LogP contribution >= 0.6 is 23.2 Å². The Labute approximate surface area is 240 Å². The van der Waals surface area contributed by atoms with Crippen molar-refractivity contribution in [1.82, 2.24) is 10.2 Å². The molecule has 0 fully saturated rings. The summed E-state index contributed by atoms with van der Waals surface area (Å²) in [7, 11) is -4.13. The summed E-state index contributed by atoms with van der Waals surface area (Å²) in [4.78, 5) is 28.8. The van der Waals surface area contributed by atoms with Crippen molar-refractivity contribution < 1.29 is 18.0 Å². The zero-order chi connectivity index (χ0) is 28.8. The van der Waals surface area contributed by atoms with Gasteiger partial charge >= 0.3 is 0 Å². The molecule has 0 saturated carbocycles. The van der Waals surface area contributed by atoms with E-state index in [1.807, 2.05) is 27.7 Å². The van der Waals surface area contributed by atoms with Crippen LogP contribution < -0.4 is 9.62 Å². The van der Waals surface area contributed by atoms with Crippen molar-refractivity contribution in [3.63, 3.8) is 0 Å². The lowest BCUT2D eigenvalue weighted by molar-refractivity contribution is -0.141. The zero-order valence-corrected chi connectivity index (χ0v) is 24.7. The Balaban J connectivity index is 2.05. The molecule has 1 atom stereocenters. The van der Waals surface area contributed by atoms with Gasteiger partial charge in [-0.3, -0.25) is 13.9 Å². The van der Waals surface area contributed by atoms with Crippen molar-refractivity contribution in [1.29, 1.82) is 0 Å². The number of anilines is 1. The molecule has 0 aliphatic rings. The molecule has 0 spiro atoms. The smallest absolute Gasteiger partial charge is 0.264 e. The number of nitrogens with zero attached hydrogens (tertiary/aromatic N) is 2. The molecule has 0 aromatic heterocycles. The molecular weight excluding hydrogens is 557 g/mol. The van der Waals surface area contributed by atoms with E-state index in [-0.39, 0.29) is 23.0 Å². The summed E-state index contributed by atoms with van der Waals surface area (Å²) in [6, 6.07) is 20.2. The van der Waals surface area contributed by atoms with Gasteiger partial charge in [-0.1, -0.05) is 60.5 Å². The van der Waals surface area contributed by atoms with Gasteiger partial charge in [0.05, 0.1) is 10.6 Å². The minimum Gasteiger partial charge on any atom is -0.350 e. The van der Waals surface area contributed by atoms with Crippen molar-refractivity contribution in [3.8, 4) is 0 Å². The van der Waals surface area contributed by atoms with Crippen LogP contribution in [0.2, 0.25) is 10.0 Å². The number of hydrogen-bond donors (Lipinski definition) is 1. The van der Waals surface area contributed by atoms with Crippen LogP contribution in [0.3, 0.4) is 0 Å². The Morgan fingerprint density at radius 2 is 1.41 bits per heavy atom. The first-order valence-corrected chi connectivity index (χ1v) is 14.7. The van der Waals surface area contributed by atoms with E-state index in [0.717, 1.165) is 9.87 Å². The fourth-order valence-corrected chi connectivity index (χ4v) is 5.70. The van der Waals surface area contributed by atoms with Crippen molar-refractivity contribution in [2.45, 2.75) is 57.1 Å². The second kappa shape index (κ2) is 12.9. The highest BCUT2D eigenvalue weighted by Gasteiger charge is 2.34. The zero-order valence-electron chi connectivity index (χ0n) is 22.4. The van der Waals surface area contributed by atoms with Crippen LogP contribution in [-0.2, 0) is 26.2 Å². The molecule has 2 amide bonds. The average Bonchev–Trinajstić information content (AvgIpc) is 2.88. The summed E-state index contributed by atoms with van der Waals surface area (Å²) in [6.07, 6.45) is 0.327. The Kier molecular flexibility index (Phi) is 10.0. The summed E-state index contributed by atoms with van der Waals surface area (Å²) < 4.78 is 28.6. The molecule has 7 nitrogen and oxygen atoms in total. The van der Waals surface area contributed by atoms with E-state index in [1.54, 1.807) is 66.7 Å². The third-order valence-corrected chi connectivity index (χ3v) is 8.17. The van der Waals surface area contributed by atoms with Gasteiger partial charge in [-0.15, -0.1) is 0 Å². The molecular formula is C29H33Cl2N3O4S. The Hall–Kier alpha value is -3.07. The van der Waals surface area contributed by atoms with Crippen molar-refractivity contribution in [2.24, 2.45) is 0 Å². The van der Waals surface area contributed by atoms with Crippen LogP contribution in [-0.4, -0.2) is 43.3 Å². The van der Waals surface area contributed by atoms with Crippen LogP contribution in [0, 0.1) is 0 Å². The van der Waals surface area contributed by atoms with Gasteiger partial charge in [0.25, 0.3) is 10.0 Å². The normalized spacial score (nSPS) is 12.5. The van der Waals surface area contributed by atoms with E-state index in [1.165, 1.54) is 17.0 Å². The molecule has 0 bridgehead atoms. The second-order valence-corrected chi connectivity index (χ2v) is 12.8. The van der Waals surface area contributed by atoms with E-state index in [9.17, 15) is 18.0 Å². The maximum atomic E-state index is 14.0. The molecule has 10 heteroatoms. The van der Waals surface area contributed by atoms with Gasteiger partial charge in [0.2, 0.25) is 11.8 Å². The van der Waals surface area contributed by atoms with Gasteiger partial charge in [-0.05, 0) is 81.3 Å². The van der Waals surface area contributed by atoms with Crippen LogP contribution in [0.1, 0.15) is 39.7 Å². The van der Waals surface area contributed by atoms with E-state index in [0.29, 0.717) is 16.5 Å². The first-order valence-electron chi connectivity index (χ1n) is 12.5. The number of sulfonamides is 1. The van der Waals surface area contributed by atoms with Gasteiger partial charge in [0, 0.05) is 22.1 Å². The van der Waals surface area contributed by atoms with Crippen molar-refractivity contribution in [2.75, 3.05) is 10.8 Å². The molecule has 0 aliphatic carbocycles. The molecule has 0 unspecified atom stereocenters. The first-order chi connectivity index (χ1) is 18.3. The maximum Gasteiger partial charge on any atom is 0.264 e. The Bertz CT molecular complexity index is 1370. The minimum absolute atomic E-state index is 0.0366. The van der Waals surface area contributed by atoms with Crippen LogP contribution in [0.25, 0.3) is 0 Å². The molecule has 3 rings (SSSR count). The fraction of sp³-hybridized carbons (Fsp3) is 0.310. The lowest BCUT2D eigenvalue weighted by Crippen LogP contribution is -2.55. The monoisotopic (exact) mass is 589 g/mol. The topological polar surface area (TPSA) is 86.8 Å². The highest BCUT2D eigenvalue weighted by atomic mass is 35.5. The van der Waals surface area contributed by atoms with E-state index in [4.69, 9.17) is 23.2 Å². The number of amides is 2. The predicted octanol–water partition coefficient (Wildman–Crippen LogP) is 5.91. The van der Waals surface area contributed by atoms with Gasteiger partial charge in [-0.25, -0.2) is 8.42 Å². The third-order valence-electron chi connectivity index (χ3n) is 5.87. The number of rotatable bonds is 10. The largest absolute Gasteiger partial charge is 0.350 e. The van der Waals surface area contributed by atoms with Gasteiger partial charge in [0.1, 0.15) is 12.6 Å². The van der Waals surface area contributed by atoms with Crippen LogP contribution in [0.4, 0.5) is 5.69 Å². The summed E-state index contributed by atoms with van der Waals surface area (Å²) in [5.41, 5.74) is 0.500. The highest BCUT2D eigenvalue weighted by molar-refractivity contribution is 7.92. The maximum absolute atomic E-state index is 14.0. The number of nitrogens with one attached hydrogen (secondary N) is 1. The lowest BCUT2D eigenvalue weighted by Gasteiger charge is -2.34. The number of halogens is 2. The predicted molar refractivity (Wildman–Crippen MR) is 156 cm³/mol. The van der Waals surface area contributed by atoms with Crippen molar-refractivity contribution in [3.05, 3.63) is 94.5 Å². The molecule has 0 heterocycles. The number of carbonyl (C=O) groups is 2. The molecule has 1 N–H and O–H groups in total. The van der Waals surface area contributed by atoms with E-state index < -0.39 is 34.1 Å². The third kappa shape index (κ3) is 8.21. The van der Waals surface area contributed by atoms with E-state index in [2.05, 4.69) is 5.32 Å². The summed E-state index contributed by atoms with van der Waals surface area (Å²) >= 11 is 12.1. The highest BCUT2D eigenvalue weighted by Crippen LogP contribution is 2.26. The second-order valence-electron chi connectivity index (χ2n) is 10.1. The quantitative estimate of drug-likeness (QED) is 0.318. The van der Waals surface area contributed by atoms with Gasteiger partial charge in [0.15, 0.2) is 0 Å². The Morgan fingerprint density at radius 3 is 1.92 bits per heavy atom. The SMILES string of the molecule is CC[C@H](C(=O)NC(C)(C)C)N(Cc1ccc(Cl)cc1)C(=O)CN(c1ccc(Cl)cc1)S(=O)(=O)c1ccccc1.